The number of carbonyl (C=O) groups is 1. The largest absolute Gasteiger partial charge is 0.492 e. The normalized spacial score (nSPS) is 11.2. The van der Waals surface area contributed by atoms with E-state index in [2.05, 4.69) is 4.72 Å². The van der Waals surface area contributed by atoms with Gasteiger partial charge in [0.15, 0.2) is 0 Å². The summed E-state index contributed by atoms with van der Waals surface area (Å²) in [4.78, 5) is 14.5. The maximum Gasteiger partial charge on any atom is 0.254 e. The van der Waals surface area contributed by atoms with E-state index in [1.165, 1.54) is 17.0 Å². The Labute approximate surface area is 183 Å². The first-order valence-electron chi connectivity index (χ1n) is 9.94. The number of benzene rings is 3. The van der Waals surface area contributed by atoms with E-state index in [0.29, 0.717) is 24.3 Å². The standard InChI is InChI=1S/C24H26N2O4S/c1-19-13-14-22(31(28,29)25-18-20-9-5-3-6-10-20)17-23(19)24(27)26(2)15-16-30-21-11-7-4-8-12-21/h3-14,17,25H,15-16,18H2,1-2H3. The van der Waals surface area contributed by atoms with Crippen molar-refractivity contribution in [3.05, 3.63) is 95.6 Å². The number of carbonyl (C=O) groups excluding carboxylic acids is 1. The Hall–Kier alpha value is -3.16. The van der Waals surface area contributed by atoms with Crippen LogP contribution in [-0.4, -0.2) is 39.4 Å². The second-order valence-corrected chi connectivity index (χ2v) is 8.94. The molecule has 3 aromatic carbocycles. The number of sulfonamides is 1. The van der Waals surface area contributed by atoms with Crippen LogP contribution in [0.25, 0.3) is 0 Å². The second-order valence-electron chi connectivity index (χ2n) is 7.18. The van der Waals surface area contributed by atoms with Crippen molar-refractivity contribution >= 4 is 15.9 Å². The predicted octanol–water partition coefficient (Wildman–Crippen LogP) is 3.62. The third kappa shape index (κ3) is 6.16. The summed E-state index contributed by atoms with van der Waals surface area (Å²) in [5.41, 5.74) is 1.92. The lowest BCUT2D eigenvalue weighted by Gasteiger charge is -2.19. The van der Waals surface area contributed by atoms with E-state index in [0.717, 1.165) is 11.3 Å². The van der Waals surface area contributed by atoms with Crippen molar-refractivity contribution in [3.63, 3.8) is 0 Å². The Balaban J connectivity index is 1.66. The van der Waals surface area contributed by atoms with Gasteiger partial charge in [-0.2, -0.15) is 0 Å². The van der Waals surface area contributed by atoms with Gasteiger partial charge in [0.05, 0.1) is 11.4 Å². The lowest BCUT2D eigenvalue weighted by atomic mass is 10.1. The zero-order chi connectivity index (χ0) is 22.3. The van der Waals surface area contributed by atoms with Crippen LogP contribution in [0.2, 0.25) is 0 Å². The fraction of sp³-hybridized carbons (Fsp3) is 0.208. The zero-order valence-electron chi connectivity index (χ0n) is 17.6. The summed E-state index contributed by atoms with van der Waals surface area (Å²) < 4.78 is 33.7. The molecule has 0 bridgehead atoms. The van der Waals surface area contributed by atoms with Gasteiger partial charge in [-0.3, -0.25) is 4.79 Å². The highest BCUT2D eigenvalue weighted by Crippen LogP contribution is 2.18. The minimum Gasteiger partial charge on any atom is -0.492 e. The first kappa shape index (κ1) is 22.5. The number of para-hydroxylation sites is 1. The van der Waals surface area contributed by atoms with E-state index in [-0.39, 0.29) is 17.3 Å². The molecule has 0 unspecified atom stereocenters. The molecule has 0 fully saturated rings. The van der Waals surface area contributed by atoms with E-state index < -0.39 is 10.0 Å². The molecule has 162 valence electrons. The topological polar surface area (TPSA) is 75.7 Å². The van der Waals surface area contributed by atoms with E-state index in [1.807, 2.05) is 60.7 Å². The number of aryl methyl sites for hydroxylation is 1. The molecule has 0 aromatic heterocycles. The lowest BCUT2D eigenvalue weighted by Crippen LogP contribution is -2.31. The average molecular weight is 439 g/mol. The number of nitrogens with zero attached hydrogens (tertiary/aromatic N) is 1. The minimum absolute atomic E-state index is 0.0614. The summed E-state index contributed by atoms with van der Waals surface area (Å²) in [6.45, 7) is 2.67. The summed E-state index contributed by atoms with van der Waals surface area (Å²) in [7, 11) is -2.08. The van der Waals surface area contributed by atoms with Gasteiger partial charge in [-0.1, -0.05) is 54.6 Å². The van der Waals surface area contributed by atoms with Crippen molar-refractivity contribution < 1.29 is 17.9 Å². The number of hydrogen-bond donors (Lipinski definition) is 1. The molecule has 0 aliphatic heterocycles. The highest BCUT2D eigenvalue weighted by atomic mass is 32.2. The minimum atomic E-state index is -3.76. The fourth-order valence-corrected chi connectivity index (χ4v) is 4.02. The first-order valence-corrected chi connectivity index (χ1v) is 11.4. The van der Waals surface area contributed by atoms with Crippen LogP contribution < -0.4 is 9.46 Å². The third-order valence-electron chi connectivity index (χ3n) is 4.84. The molecule has 0 aliphatic rings. The summed E-state index contributed by atoms with van der Waals surface area (Å²) >= 11 is 0. The molecule has 0 radical (unpaired) electrons. The van der Waals surface area contributed by atoms with Gasteiger partial charge >= 0.3 is 0 Å². The van der Waals surface area contributed by atoms with Gasteiger partial charge in [-0.15, -0.1) is 0 Å². The number of rotatable bonds is 9. The molecule has 0 heterocycles. The van der Waals surface area contributed by atoms with Crippen molar-refractivity contribution in [1.29, 1.82) is 0 Å². The van der Waals surface area contributed by atoms with Gasteiger partial charge in [0, 0.05) is 19.2 Å². The van der Waals surface area contributed by atoms with E-state index in [9.17, 15) is 13.2 Å². The Morgan fingerprint density at radius 1 is 0.968 bits per heavy atom. The molecular weight excluding hydrogens is 412 g/mol. The van der Waals surface area contributed by atoms with E-state index in [1.54, 1.807) is 20.0 Å². The van der Waals surface area contributed by atoms with Crippen LogP contribution in [0.5, 0.6) is 5.75 Å². The van der Waals surface area contributed by atoms with Crippen molar-refractivity contribution in [2.24, 2.45) is 0 Å². The average Bonchev–Trinajstić information content (AvgIpc) is 2.79. The number of ether oxygens (including phenoxy) is 1. The van der Waals surface area contributed by atoms with Crippen LogP contribution in [0.15, 0.2) is 83.8 Å². The van der Waals surface area contributed by atoms with Crippen LogP contribution >= 0.6 is 0 Å². The van der Waals surface area contributed by atoms with Gasteiger partial charge in [-0.05, 0) is 42.3 Å². The van der Waals surface area contributed by atoms with E-state index in [4.69, 9.17) is 4.74 Å². The maximum atomic E-state index is 12.9. The SMILES string of the molecule is Cc1ccc(S(=O)(=O)NCc2ccccc2)cc1C(=O)N(C)CCOc1ccccc1. The molecule has 3 aromatic rings. The molecule has 0 spiro atoms. The van der Waals surface area contributed by atoms with Crippen LogP contribution in [0.3, 0.4) is 0 Å². The fourth-order valence-electron chi connectivity index (χ4n) is 2.98. The molecule has 31 heavy (non-hydrogen) atoms. The van der Waals surface area contributed by atoms with Gasteiger partial charge in [0.1, 0.15) is 12.4 Å². The van der Waals surface area contributed by atoms with Gasteiger partial charge in [-0.25, -0.2) is 13.1 Å². The summed E-state index contributed by atoms with van der Waals surface area (Å²) in [6, 6.07) is 23.2. The number of nitrogens with one attached hydrogen (secondary N) is 1. The van der Waals surface area contributed by atoms with Crippen molar-refractivity contribution in [1.82, 2.24) is 9.62 Å². The zero-order valence-corrected chi connectivity index (χ0v) is 18.4. The van der Waals surface area contributed by atoms with Gasteiger partial charge in [0.25, 0.3) is 5.91 Å². The second kappa shape index (κ2) is 10.2. The molecule has 0 atom stereocenters. The highest BCUT2D eigenvalue weighted by Gasteiger charge is 2.20. The Morgan fingerprint density at radius 2 is 1.61 bits per heavy atom. The molecule has 0 saturated heterocycles. The lowest BCUT2D eigenvalue weighted by molar-refractivity contribution is 0.0773. The van der Waals surface area contributed by atoms with Gasteiger partial charge in [0.2, 0.25) is 10.0 Å². The molecule has 6 nitrogen and oxygen atoms in total. The van der Waals surface area contributed by atoms with Crippen LogP contribution in [0.4, 0.5) is 0 Å². The van der Waals surface area contributed by atoms with Crippen LogP contribution in [-0.2, 0) is 16.6 Å². The Bertz CT molecular complexity index is 1120. The molecule has 1 amide bonds. The smallest absolute Gasteiger partial charge is 0.254 e. The first-order chi connectivity index (χ1) is 14.9. The third-order valence-corrected chi connectivity index (χ3v) is 6.24. The molecule has 1 N–H and O–H groups in total. The Morgan fingerprint density at radius 3 is 2.29 bits per heavy atom. The van der Waals surface area contributed by atoms with Crippen molar-refractivity contribution in [2.45, 2.75) is 18.4 Å². The van der Waals surface area contributed by atoms with Crippen molar-refractivity contribution in [2.75, 3.05) is 20.2 Å². The van der Waals surface area contributed by atoms with Crippen molar-refractivity contribution in [3.8, 4) is 5.75 Å². The molecule has 3 rings (SSSR count). The Kier molecular flexibility index (Phi) is 7.44. The summed E-state index contributed by atoms with van der Waals surface area (Å²) in [5, 5.41) is 0. The number of likely N-dealkylation sites (N-methyl/N-ethyl adjacent to an activating group) is 1. The highest BCUT2D eigenvalue weighted by molar-refractivity contribution is 7.89. The molecule has 7 heteroatoms. The van der Waals surface area contributed by atoms with Crippen LogP contribution in [0, 0.1) is 6.92 Å². The molecular formula is C24H26N2O4S. The quantitative estimate of drug-likeness (QED) is 0.554. The van der Waals surface area contributed by atoms with Crippen LogP contribution in [0.1, 0.15) is 21.5 Å². The summed E-state index contributed by atoms with van der Waals surface area (Å²) in [5.74, 6) is 0.478. The molecule has 0 saturated carbocycles. The summed E-state index contributed by atoms with van der Waals surface area (Å²) in [6.07, 6.45) is 0. The maximum absolute atomic E-state index is 12.9. The van der Waals surface area contributed by atoms with Gasteiger partial charge < -0.3 is 9.64 Å². The number of amides is 1. The monoisotopic (exact) mass is 438 g/mol. The van der Waals surface area contributed by atoms with E-state index >= 15 is 0 Å². The molecule has 0 aliphatic carbocycles. The predicted molar refractivity (Wildman–Crippen MR) is 121 cm³/mol. The number of hydrogen-bond acceptors (Lipinski definition) is 4.